The predicted molar refractivity (Wildman–Crippen MR) is 83.1 cm³/mol. The van der Waals surface area contributed by atoms with Gasteiger partial charge in [0.1, 0.15) is 0 Å². The summed E-state index contributed by atoms with van der Waals surface area (Å²) < 4.78 is 0. The van der Waals surface area contributed by atoms with Gasteiger partial charge >= 0.3 is 0 Å². The molecule has 0 saturated carbocycles. The fourth-order valence-electron chi connectivity index (χ4n) is 3.71. The Hall–Kier alpha value is -1.06. The Bertz CT molecular complexity index is 472. The van der Waals surface area contributed by atoms with Crippen molar-refractivity contribution in [2.45, 2.75) is 51.3 Å². The third-order valence-electron chi connectivity index (χ3n) is 4.88. The van der Waals surface area contributed by atoms with Gasteiger partial charge in [0.2, 0.25) is 0 Å². The second kappa shape index (κ2) is 5.74. The first-order valence-electron chi connectivity index (χ1n) is 7.90. The summed E-state index contributed by atoms with van der Waals surface area (Å²) in [5.74, 6) is 0. The molecule has 0 amide bonds. The molecule has 0 aliphatic carbocycles. The lowest BCUT2D eigenvalue weighted by Crippen LogP contribution is -2.45. The number of aliphatic hydroxyl groups is 1. The van der Waals surface area contributed by atoms with Crippen LogP contribution in [0.1, 0.15) is 37.3 Å². The number of likely N-dealkylation sites (N-methyl/N-ethyl adjacent to an activating group) is 1. The number of piperidine rings is 1. The summed E-state index contributed by atoms with van der Waals surface area (Å²) in [6.07, 6.45) is 4.58. The summed E-state index contributed by atoms with van der Waals surface area (Å²) in [6.45, 7) is 5.17. The minimum atomic E-state index is -0.226. The fraction of sp³-hybridized carbons (Fsp3) is 0.647. The van der Waals surface area contributed by atoms with Crippen molar-refractivity contribution in [3.05, 3.63) is 29.3 Å². The Morgan fingerprint density at radius 1 is 1.30 bits per heavy atom. The number of fused-ring (bicyclic) bond motifs is 1. The molecular formula is C17H26N2O. The molecule has 2 unspecified atom stereocenters. The van der Waals surface area contributed by atoms with E-state index >= 15 is 0 Å². The van der Waals surface area contributed by atoms with Crippen molar-refractivity contribution in [2.24, 2.45) is 0 Å². The number of hydrogen-bond acceptors (Lipinski definition) is 3. The van der Waals surface area contributed by atoms with Crippen LogP contribution in [0.5, 0.6) is 0 Å². The molecule has 3 nitrogen and oxygen atoms in total. The van der Waals surface area contributed by atoms with Crippen LogP contribution in [0.3, 0.4) is 0 Å². The molecule has 0 aromatic heterocycles. The van der Waals surface area contributed by atoms with Gasteiger partial charge in [-0.25, -0.2) is 0 Å². The quantitative estimate of drug-likeness (QED) is 0.917. The van der Waals surface area contributed by atoms with E-state index in [1.54, 1.807) is 0 Å². The molecule has 1 aromatic carbocycles. The molecule has 2 aliphatic rings. The zero-order valence-corrected chi connectivity index (χ0v) is 12.7. The maximum atomic E-state index is 9.97. The Labute approximate surface area is 122 Å². The van der Waals surface area contributed by atoms with Crippen LogP contribution in [0.4, 0.5) is 5.69 Å². The number of anilines is 1. The number of rotatable bonds is 3. The molecule has 1 saturated heterocycles. The van der Waals surface area contributed by atoms with Crippen LogP contribution in [0, 0.1) is 0 Å². The van der Waals surface area contributed by atoms with Gasteiger partial charge in [0.05, 0.1) is 6.10 Å². The fourth-order valence-corrected chi connectivity index (χ4v) is 3.71. The number of hydrogen-bond donors (Lipinski definition) is 1. The largest absolute Gasteiger partial charge is 0.392 e. The maximum Gasteiger partial charge on any atom is 0.0667 e. The molecule has 3 rings (SSSR count). The van der Waals surface area contributed by atoms with E-state index in [0.29, 0.717) is 6.04 Å². The second-order valence-corrected chi connectivity index (χ2v) is 6.41. The van der Waals surface area contributed by atoms with E-state index in [1.807, 2.05) is 6.92 Å². The van der Waals surface area contributed by atoms with Gasteiger partial charge in [-0.3, -0.25) is 4.90 Å². The molecule has 20 heavy (non-hydrogen) atoms. The van der Waals surface area contributed by atoms with E-state index in [-0.39, 0.29) is 6.10 Å². The number of nitrogens with zero attached hydrogens (tertiary/aromatic N) is 2. The molecule has 0 radical (unpaired) electrons. The highest BCUT2D eigenvalue weighted by atomic mass is 16.3. The van der Waals surface area contributed by atoms with Crippen LogP contribution < -0.4 is 4.90 Å². The third kappa shape index (κ3) is 2.70. The highest BCUT2D eigenvalue weighted by Gasteiger charge is 2.26. The Kier molecular flexibility index (Phi) is 3.99. The Morgan fingerprint density at radius 2 is 2.15 bits per heavy atom. The zero-order chi connectivity index (χ0) is 14.1. The lowest BCUT2D eigenvalue weighted by atomic mass is 9.97. The van der Waals surface area contributed by atoms with Crippen LogP contribution in [0.15, 0.2) is 18.2 Å². The normalized spacial score (nSPS) is 24.8. The minimum Gasteiger partial charge on any atom is -0.392 e. The van der Waals surface area contributed by atoms with Crippen LogP contribution in [-0.2, 0) is 13.0 Å². The van der Waals surface area contributed by atoms with E-state index in [9.17, 15) is 5.11 Å². The summed E-state index contributed by atoms with van der Waals surface area (Å²) in [7, 11) is 2.17. The molecule has 2 atom stereocenters. The molecule has 1 fully saturated rings. The van der Waals surface area contributed by atoms with Gasteiger partial charge < -0.3 is 10.0 Å². The average Bonchev–Trinajstić information content (AvgIpc) is 2.80. The minimum absolute atomic E-state index is 0.226. The molecule has 1 aromatic rings. The van der Waals surface area contributed by atoms with Gasteiger partial charge in [-0.2, -0.15) is 0 Å². The molecule has 3 heteroatoms. The standard InChI is InChI=1S/C17H26N2O/c1-13(20)16-5-3-4-9-19(16)12-14-6-7-17-15(11-14)8-10-18(17)2/h6-7,11,13,16,20H,3-5,8-10,12H2,1-2H3. The Morgan fingerprint density at radius 3 is 2.95 bits per heavy atom. The monoisotopic (exact) mass is 274 g/mol. The van der Waals surface area contributed by atoms with E-state index in [2.05, 4.69) is 35.0 Å². The highest BCUT2D eigenvalue weighted by molar-refractivity contribution is 5.58. The summed E-state index contributed by atoms with van der Waals surface area (Å²) in [4.78, 5) is 4.80. The van der Waals surface area contributed by atoms with Crippen LogP contribution in [0.25, 0.3) is 0 Å². The maximum absolute atomic E-state index is 9.97. The van der Waals surface area contributed by atoms with Crippen molar-refractivity contribution in [3.63, 3.8) is 0 Å². The molecule has 1 N–H and O–H groups in total. The molecular weight excluding hydrogens is 248 g/mol. The Balaban J connectivity index is 1.74. The van der Waals surface area contributed by atoms with Crippen LogP contribution >= 0.6 is 0 Å². The average molecular weight is 274 g/mol. The van der Waals surface area contributed by atoms with Gasteiger partial charge in [0, 0.05) is 31.9 Å². The van der Waals surface area contributed by atoms with Gasteiger partial charge in [-0.1, -0.05) is 18.6 Å². The van der Waals surface area contributed by atoms with Crippen molar-refractivity contribution >= 4 is 5.69 Å². The number of benzene rings is 1. The first-order valence-corrected chi connectivity index (χ1v) is 7.90. The first kappa shape index (κ1) is 13.9. The van der Waals surface area contributed by atoms with Crippen molar-refractivity contribution < 1.29 is 5.11 Å². The highest BCUT2D eigenvalue weighted by Crippen LogP contribution is 2.29. The predicted octanol–water partition coefficient (Wildman–Crippen LogP) is 2.41. The number of aliphatic hydroxyl groups excluding tert-OH is 1. The summed E-state index contributed by atoms with van der Waals surface area (Å²) in [5.41, 5.74) is 4.27. The van der Waals surface area contributed by atoms with Crippen molar-refractivity contribution in [1.82, 2.24) is 4.90 Å². The topological polar surface area (TPSA) is 26.7 Å². The molecule has 110 valence electrons. The summed E-state index contributed by atoms with van der Waals surface area (Å²) >= 11 is 0. The van der Waals surface area contributed by atoms with E-state index in [4.69, 9.17) is 0 Å². The van der Waals surface area contributed by atoms with Crippen molar-refractivity contribution in [1.29, 1.82) is 0 Å². The smallest absolute Gasteiger partial charge is 0.0667 e. The van der Waals surface area contributed by atoms with Crippen molar-refractivity contribution in [2.75, 3.05) is 25.0 Å². The van der Waals surface area contributed by atoms with Crippen molar-refractivity contribution in [3.8, 4) is 0 Å². The SMILES string of the molecule is CC(O)C1CCCCN1Cc1ccc2c(c1)CCN2C. The molecule has 2 aliphatic heterocycles. The molecule has 0 spiro atoms. The summed E-state index contributed by atoms with van der Waals surface area (Å²) in [6, 6.07) is 7.22. The zero-order valence-electron chi connectivity index (χ0n) is 12.7. The van der Waals surface area contributed by atoms with Gasteiger partial charge in [-0.15, -0.1) is 0 Å². The molecule has 0 bridgehead atoms. The van der Waals surface area contributed by atoms with Gasteiger partial charge in [-0.05, 0) is 49.9 Å². The lowest BCUT2D eigenvalue weighted by molar-refractivity contribution is 0.0317. The van der Waals surface area contributed by atoms with Crippen LogP contribution in [0.2, 0.25) is 0 Å². The van der Waals surface area contributed by atoms with Gasteiger partial charge in [0.25, 0.3) is 0 Å². The third-order valence-corrected chi connectivity index (χ3v) is 4.88. The van der Waals surface area contributed by atoms with Gasteiger partial charge in [0.15, 0.2) is 0 Å². The first-order chi connectivity index (χ1) is 9.65. The van der Waals surface area contributed by atoms with Crippen LogP contribution in [-0.4, -0.2) is 42.3 Å². The van der Waals surface area contributed by atoms with E-state index < -0.39 is 0 Å². The lowest BCUT2D eigenvalue weighted by Gasteiger charge is -2.37. The summed E-state index contributed by atoms with van der Waals surface area (Å²) in [5, 5.41) is 9.97. The second-order valence-electron chi connectivity index (χ2n) is 6.41. The molecule has 2 heterocycles. The van der Waals surface area contributed by atoms with E-state index in [0.717, 1.165) is 26.1 Å². The van der Waals surface area contributed by atoms with E-state index in [1.165, 1.54) is 36.1 Å². The number of likely N-dealkylation sites (tertiary alicyclic amines) is 1.